The van der Waals surface area contributed by atoms with Gasteiger partial charge in [0.1, 0.15) is 6.10 Å². The van der Waals surface area contributed by atoms with Gasteiger partial charge in [0.15, 0.2) is 0 Å². The van der Waals surface area contributed by atoms with E-state index in [1.807, 2.05) is 23.8 Å². The van der Waals surface area contributed by atoms with Gasteiger partial charge < -0.3 is 5.11 Å². The van der Waals surface area contributed by atoms with Gasteiger partial charge in [-0.15, -0.1) is 22.7 Å². The van der Waals surface area contributed by atoms with Crippen LogP contribution in [0.3, 0.4) is 0 Å². The molecular weight excluding hydrogens is 202 g/mol. The molecule has 0 aliphatic rings. The maximum atomic E-state index is 9.85. The fourth-order valence-corrected chi connectivity index (χ4v) is 2.57. The molecule has 0 aromatic carbocycles. The molecule has 0 saturated heterocycles. The molecule has 68 valence electrons. The molecule has 2 aromatic heterocycles. The third-order valence-corrected chi connectivity index (χ3v) is 3.46. The Morgan fingerprint density at radius 2 is 2.31 bits per heavy atom. The zero-order chi connectivity index (χ0) is 9.26. The molecule has 4 heteroatoms. The van der Waals surface area contributed by atoms with Crippen molar-refractivity contribution in [2.24, 2.45) is 0 Å². The van der Waals surface area contributed by atoms with Crippen molar-refractivity contribution in [1.82, 2.24) is 4.98 Å². The van der Waals surface area contributed by atoms with E-state index in [4.69, 9.17) is 0 Å². The van der Waals surface area contributed by atoms with E-state index in [9.17, 15) is 5.11 Å². The Bertz CT molecular complexity index is 380. The third kappa shape index (κ3) is 1.80. The Hall–Kier alpha value is -0.710. The summed E-state index contributed by atoms with van der Waals surface area (Å²) in [5, 5.41) is 13.8. The second kappa shape index (κ2) is 3.57. The summed E-state index contributed by atoms with van der Waals surface area (Å²) < 4.78 is 0. The molecule has 0 amide bonds. The normalized spacial score (nSPS) is 13.1. The molecule has 0 saturated carbocycles. The first-order chi connectivity index (χ1) is 6.27. The van der Waals surface area contributed by atoms with E-state index in [1.54, 1.807) is 16.8 Å². The Labute approximate surface area is 84.5 Å². The molecule has 13 heavy (non-hydrogen) atoms. The van der Waals surface area contributed by atoms with Gasteiger partial charge in [-0.05, 0) is 23.9 Å². The van der Waals surface area contributed by atoms with Crippen LogP contribution in [0.2, 0.25) is 0 Å². The topological polar surface area (TPSA) is 33.1 Å². The first-order valence-corrected chi connectivity index (χ1v) is 5.71. The molecule has 1 atom stereocenters. The van der Waals surface area contributed by atoms with E-state index >= 15 is 0 Å². The van der Waals surface area contributed by atoms with Crippen molar-refractivity contribution < 1.29 is 5.11 Å². The fraction of sp³-hybridized carbons (Fsp3) is 0.222. The number of hydrogen-bond donors (Lipinski definition) is 1. The Morgan fingerprint density at radius 3 is 2.85 bits per heavy atom. The van der Waals surface area contributed by atoms with Gasteiger partial charge in [0.05, 0.1) is 11.2 Å². The predicted molar refractivity (Wildman–Crippen MR) is 55.2 cm³/mol. The van der Waals surface area contributed by atoms with Crippen LogP contribution in [0, 0.1) is 6.92 Å². The number of thiazole rings is 1. The van der Waals surface area contributed by atoms with Gasteiger partial charge >= 0.3 is 0 Å². The molecule has 0 aliphatic carbocycles. The van der Waals surface area contributed by atoms with Gasteiger partial charge in [0.2, 0.25) is 0 Å². The van der Waals surface area contributed by atoms with Gasteiger partial charge in [-0.3, -0.25) is 0 Å². The predicted octanol–water partition coefficient (Wildman–Crippen LogP) is 2.59. The summed E-state index contributed by atoms with van der Waals surface area (Å²) in [4.78, 5) is 5.04. The quantitative estimate of drug-likeness (QED) is 0.828. The standard InChI is InChI=1S/C9H9NOS2/c1-6-2-8(13-3-6)9(11)7-4-12-5-10-7/h2-5,9,11H,1H3. The highest BCUT2D eigenvalue weighted by molar-refractivity contribution is 7.10. The van der Waals surface area contributed by atoms with Crippen molar-refractivity contribution >= 4 is 22.7 Å². The maximum Gasteiger partial charge on any atom is 0.131 e. The summed E-state index contributed by atoms with van der Waals surface area (Å²) in [6.45, 7) is 2.02. The van der Waals surface area contributed by atoms with Gasteiger partial charge in [0.25, 0.3) is 0 Å². The van der Waals surface area contributed by atoms with Crippen LogP contribution in [-0.4, -0.2) is 10.1 Å². The molecule has 0 spiro atoms. The summed E-state index contributed by atoms with van der Waals surface area (Å²) >= 11 is 3.07. The number of aliphatic hydroxyl groups excluding tert-OH is 1. The van der Waals surface area contributed by atoms with Crippen LogP contribution in [0.5, 0.6) is 0 Å². The molecule has 0 fully saturated rings. The number of aryl methyl sites for hydroxylation is 1. The van der Waals surface area contributed by atoms with Gasteiger partial charge in [-0.2, -0.15) is 0 Å². The number of nitrogens with zero attached hydrogens (tertiary/aromatic N) is 1. The first kappa shape index (κ1) is 8.87. The average molecular weight is 211 g/mol. The number of rotatable bonds is 2. The van der Waals surface area contributed by atoms with E-state index in [0.29, 0.717) is 0 Å². The highest BCUT2D eigenvalue weighted by Crippen LogP contribution is 2.26. The lowest BCUT2D eigenvalue weighted by Gasteiger charge is -2.03. The zero-order valence-electron chi connectivity index (χ0n) is 7.10. The van der Waals surface area contributed by atoms with E-state index in [-0.39, 0.29) is 0 Å². The molecule has 1 unspecified atom stereocenters. The lowest BCUT2D eigenvalue weighted by molar-refractivity contribution is 0.220. The van der Waals surface area contributed by atoms with E-state index in [1.165, 1.54) is 16.9 Å². The van der Waals surface area contributed by atoms with Crippen molar-refractivity contribution in [3.63, 3.8) is 0 Å². The molecule has 2 nitrogen and oxygen atoms in total. The van der Waals surface area contributed by atoms with E-state index in [0.717, 1.165) is 10.6 Å². The summed E-state index contributed by atoms with van der Waals surface area (Å²) in [6.07, 6.45) is -0.551. The van der Waals surface area contributed by atoms with Crippen molar-refractivity contribution in [2.75, 3.05) is 0 Å². The largest absolute Gasteiger partial charge is 0.381 e. The lowest BCUT2D eigenvalue weighted by Crippen LogP contribution is -1.96. The minimum Gasteiger partial charge on any atom is -0.381 e. The summed E-state index contributed by atoms with van der Waals surface area (Å²) in [5.41, 5.74) is 3.67. The van der Waals surface area contributed by atoms with Crippen molar-refractivity contribution in [2.45, 2.75) is 13.0 Å². The summed E-state index contributed by atoms with van der Waals surface area (Å²) in [5.74, 6) is 0. The molecule has 2 aromatic rings. The van der Waals surface area contributed by atoms with Crippen LogP contribution in [-0.2, 0) is 0 Å². The molecule has 2 rings (SSSR count). The minimum atomic E-state index is -0.551. The number of aromatic nitrogens is 1. The third-order valence-electron chi connectivity index (χ3n) is 1.75. The van der Waals surface area contributed by atoms with Crippen LogP contribution < -0.4 is 0 Å². The van der Waals surface area contributed by atoms with Crippen LogP contribution in [0.1, 0.15) is 22.2 Å². The van der Waals surface area contributed by atoms with Crippen LogP contribution in [0.15, 0.2) is 22.3 Å². The SMILES string of the molecule is Cc1csc(C(O)c2cscn2)c1. The highest BCUT2D eigenvalue weighted by Gasteiger charge is 2.13. The average Bonchev–Trinajstić information content (AvgIpc) is 2.72. The lowest BCUT2D eigenvalue weighted by atomic mass is 10.2. The zero-order valence-corrected chi connectivity index (χ0v) is 8.73. The molecular formula is C9H9NOS2. The Balaban J connectivity index is 2.28. The molecule has 1 N–H and O–H groups in total. The Kier molecular flexibility index (Phi) is 2.44. The number of aliphatic hydroxyl groups is 1. The van der Waals surface area contributed by atoms with E-state index < -0.39 is 6.10 Å². The second-order valence-corrected chi connectivity index (χ2v) is 4.50. The van der Waals surface area contributed by atoms with Gasteiger partial charge in [-0.25, -0.2) is 4.98 Å². The van der Waals surface area contributed by atoms with Crippen molar-refractivity contribution in [1.29, 1.82) is 0 Å². The monoisotopic (exact) mass is 211 g/mol. The maximum absolute atomic E-state index is 9.85. The van der Waals surface area contributed by atoms with Crippen LogP contribution >= 0.6 is 22.7 Å². The van der Waals surface area contributed by atoms with Crippen molar-refractivity contribution in [3.05, 3.63) is 38.5 Å². The number of thiophene rings is 1. The fourth-order valence-electron chi connectivity index (χ4n) is 1.10. The number of hydrogen-bond acceptors (Lipinski definition) is 4. The highest BCUT2D eigenvalue weighted by atomic mass is 32.1. The summed E-state index contributed by atoms with van der Waals surface area (Å²) in [6, 6.07) is 1.99. The van der Waals surface area contributed by atoms with Gasteiger partial charge in [0, 0.05) is 10.3 Å². The van der Waals surface area contributed by atoms with E-state index in [2.05, 4.69) is 4.98 Å². The minimum absolute atomic E-state index is 0.551. The molecule has 0 bridgehead atoms. The second-order valence-electron chi connectivity index (χ2n) is 2.84. The summed E-state index contributed by atoms with van der Waals surface area (Å²) in [7, 11) is 0. The molecule has 0 aliphatic heterocycles. The Morgan fingerprint density at radius 1 is 1.46 bits per heavy atom. The van der Waals surface area contributed by atoms with Gasteiger partial charge in [-0.1, -0.05) is 0 Å². The van der Waals surface area contributed by atoms with Crippen LogP contribution in [0.4, 0.5) is 0 Å². The van der Waals surface area contributed by atoms with Crippen LogP contribution in [0.25, 0.3) is 0 Å². The first-order valence-electron chi connectivity index (χ1n) is 3.88. The molecule has 0 radical (unpaired) electrons. The van der Waals surface area contributed by atoms with Crippen molar-refractivity contribution in [3.8, 4) is 0 Å². The smallest absolute Gasteiger partial charge is 0.131 e. The molecule has 2 heterocycles.